The molecule has 2 aromatic carbocycles. The first-order chi connectivity index (χ1) is 17.0. The monoisotopic (exact) mass is 488 g/mol. The van der Waals surface area contributed by atoms with Crippen molar-refractivity contribution in [2.75, 3.05) is 31.6 Å². The molecule has 5 rings (SSSR count). The van der Waals surface area contributed by atoms with Gasteiger partial charge in [0.25, 0.3) is 5.91 Å². The van der Waals surface area contributed by atoms with E-state index in [0.717, 1.165) is 59.1 Å². The summed E-state index contributed by atoms with van der Waals surface area (Å²) in [5.41, 5.74) is 10.3. The van der Waals surface area contributed by atoms with Gasteiger partial charge in [0.1, 0.15) is 0 Å². The van der Waals surface area contributed by atoms with Gasteiger partial charge in [-0.2, -0.15) is 0 Å². The van der Waals surface area contributed by atoms with E-state index in [-0.39, 0.29) is 17.7 Å². The largest absolute Gasteiger partial charge is 0.365 e. The molecule has 0 spiro atoms. The second kappa shape index (κ2) is 9.84. The Morgan fingerprint density at radius 1 is 1.17 bits per heavy atom. The summed E-state index contributed by atoms with van der Waals surface area (Å²) >= 11 is 1.46. The maximum atomic E-state index is 12.6. The summed E-state index contributed by atoms with van der Waals surface area (Å²) < 4.78 is 1.01. The zero-order valence-corrected chi connectivity index (χ0v) is 21.2. The third-order valence-corrected chi connectivity index (χ3v) is 8.30. The molecule has 0 saturated carbocycles. The molecule has 1 aliphatic rings. The van der Waals surface area contributed by atoms with Crippen LogP contribution in [0.15, 0.2) is 48.7 Å². The maximum Gasteiger partial charge on any atom is 0.259 e. The summed E-state index contributed by atoms with van der Waals surface area (Å²) in [6, 6.07) is 14.5. The molecule has 7 heteroatoms. The molecule has 4 aromatic rings. The fourth-order valence-corrected chi connectivity index (χ4v) is 6.46. The van der Waals surface area contributed by atoms with Crippen molar-refractivity contribution < 1.29 is 9.59 Å². The Balaban J connectivity index is 1.56. The lowest BCUT2D eigenvalue weighted by molar-refractivity contribution is -0.120. The van der Waals surface area contributed by atoms with E-state index in [2.05, 4.69) is 48.4 Å². The number of likely N-dealkylation sites (N-methyl/N-ethyl adjacent to an activating group) is 1. The van der Waals surface area contributed by atoms with Gasteiger partial charge in [0, 0.05) is 40.6 Å². The molecule has 2 amide bonds. The minimum absolute atomic E-state index is 0.102. The number of aromatic amines is 1. The summed E-state index contributed by atoms with van der Waals surface area (Å²) in [5, 5.41) is 2.31. The van der Waals surface area contributed by atoms with Crippen LogP contribution in [0.1, 0.15) is 52.9 Å². The normalized spacial score (nSPS) is 15.8. The average molecular weight is 489 g/mol. The molecule has 0 radical (unpaired) electrons. The fourth-order valence-electron chi connectivity index (χ4n) is 5.29. The first kappa shape index (κ1) is 23.6. The number of aromatic nitrogens is 1. The summed E-state index contributed by atoms with van der Waals surface area (Å²) in [5.74, 6) is -0.0921. The Kier molecular flexibility index (Phi) is 6.62. The third kappa shape index (κ3) is 4.58. The summed E-state index contributed by atoms with van der Waals surface area (Å²) in [7, 11) is 1.97. The summed E-state index contributed by atoms with van der Waals surface area (Å²) in [4.78, 5) is 33.2. The molecule has 35 heavy (non-hydrogen) atoms. The van der Waals surface area contributed by atoms with Crippen LogP contribution in [0, 0.1) is 0 Å². The van der Waals surface area contributed by atoms with E-state index in [9.17, 15) is 9.59 Å². The number of nitrogens with zero attached hydrogens (tertiary/aromatic N) is 2. The number of fused-ring (bicyclic) bond motifs is 2. The Bertz CT molecular complexity index is 1390. The van der Waals surface area contributed by atoms with Gasteiger partial charge in [-0.05, 0) is 60.5 Å². The summed E-state index contributed by atoms with van der Waals surface area (Å²) in [6.45, 7) is 4.13. The number of nitrogens with one attached hydrogen (secondary N) is 1. The molecule has 1 unspecified atom stereocenters. The first-order valence-corrected chi connectivity index (χ1v) is 13.2. The van der Waals surface area contributed by atoms with Crippen molar-refractivity contribution in [2.45, 2.75) is 38.5 Å². The number of carbonyl (C=O) groups excluding carboxylic acids is 2. The molecule has 0 bridgehead atoms. The van der Waals surface area contributed by atoms with Crippen molar-refractivity contribution in [3.8, 4) is 0 Å². The smallest absolute Gasteiger partial charge is 0.259 e. The van der Waals surface area contributed by atoms with Gasteiger partial charge in [-0.15, -0.1) is 11.3 Å². The number of para-hydroxylation sites is 1. The standard InChI is InChI=1S/C28H32N4O2S/c1-3-4-7-18(14-19-16-30-23-9-6-5-8-21(19)23)26-22-11-10-20(15-24(22)35-27(26)28(29)34)32-13-12-31(2)17-25(32)33/h5-6,8-11,15-16,18,30H,3-4,7,12-14,17H2,1-2H3,(H2,29,34). The molecule has 1 atom stereocenters. The van der Waals surface area contributed by atoms with Crippen LogP contribution in [0.5, 0.6) is 0 Å². The first-order valence-electron chi connectivity index (χ1n) is 12.4. The second-order valence-electron chi connectivity index (χ2n) is 9.58. The predicted molar refractivity (Wildman–Crippen MR) is 144 cm³/mol. The topological polar surface area (TPSA) is 82.4 Å². The molecule has 0 aliphatic carbocycles. The molecular formula is C28H32N4O2S. The van der Waals surface area contributed by atoms with Crippen molar-refractivity contribution in [1.82, 2.24) is 9.88 Å². The quantitative estimate of drug-likeness (QED) is 0.354. The SMILES string of the molecule is CCCCC(Cc1c[nH]c2ccccc12)c1c(C(N)=O)sc2cc(N3CCN(C)CC3=O)ccc12. The highest BCUT2D eigenvalue weighted by Gasteiger charge is 2.27. The van der Waals surface area contributed by atoms with Gasteiger partial charge in [0.15, 0.2) is 0 Å². The van der Waals surface area contributed by atoms with Crippen LogP contribution in [-0.4, -0.2) is 48.4 Å². The van der Waals surface area contributed by atoms with Crippen LogP contribution in [-0.2, 0) is 11.2 Å². The van der Waals surface area contributed by atoms with Gasteiger partial charge in [-0.1, -0.05) is 44.0 Å². The van der Waals surface area contributed by atoms with Crippen molar-refractivity contribution in [3.63, 3.8) is 0 Å². The molecule has 1 fully saturated rings. The Labute approximate surface area is 209 Å². The van der Waals surface area contributed by atoms with Gasteiger partial charge in [0.05, 0.1) is 11.4 Å². The lowest BCUT2D eigenvalue weighted by Crippen LogP contribution is -2.48. The van der Waals surface area contributed by atoms with Crippen LogP contribution in [0.25, 0.3) is 21.0 Å². The van der Waals surface area contributed by atoms with Crippen LogP contribution >= 0.6 is 11.3 Å². The number of hydrogen-bond donors (Lipinski definition) is 2. The van der Waals surface area contributed by atoms with E-state index in [1.54, 1.807) is 0 Å². The average Bonchev–Trinajstić information content (AvgIpc) is 3.43. The zero-order chi connectivity index (χ0) is 24.5. The molecule has 1 aliphatic heterocycles. The molecule has 3 N–H and O–H groups in total. The number of hydrogen-bond acceptors (Lipinski definition) is 4. The zero-order valence-electron chi connectivity index (χ0n) is 20.3. The van der Waals surface area contributed by atoms with E-state index in [0.29, 0.717) is 18.0 Å². The van der Waals surface area contributed by atoms with Gasteiger partial charge in [-0.3, -0.25) is 14.5 Å². The number of primary amides is 1. The van der Waals surface area contributed by atoms with Gasteiger partial charge in [-0.25, -0.2) is 0 Å². The predicted octanol–water partition coefficient (Wildman–Crippen LogP) is 5.28. The molecular weight excluding hydrogens is 456 g/mol. The highest BCUT2D eigenvalue weighted by Crippen LogP contribution is 2.42. The number of piperazine rings is 1. The molecule has 1 saturated heterocycles. The molecule has 6 nitrogen and oxygen atoms in total. The lowest BCUT2D eigenvalue weighted by atomic mass is 9.85. The number of amides is 2. The number of carbonyl (C=O) groups is 2. The molecule has 3 heterocycles. The van der Waals surface area contributed by atoms with Gasteiger partial charge >= 0.3 is 0 Å². The number of rotatable bonds is 8. The van der Waals surface area contributed by atoms with E-state index in [1.807, 2.05) is 29.0 Å². The van der Waals surface area contributed by atoms with Crippen molar-refractivity contribution in [2.24, 2.45) is 5.73 Å². The number of nitrogens with two attached hydrogens (primary N) is 1. The number of anilines is 1. The van der Waals surface area contributed by atoms with Crippen LogP contribution in [0.3, 0.4) is 0 Å². The summed E-state index contributed by atoms with van der Waals surface area (Å²) in [6.07, 6.45) is 6.10. The van der Waals surface area contributed by atoms with E-state index in [4.69, 9.17) is 5.73 Å². The van der Waals surface area contributed by atoms with Crippen molar-refractivity contribution in [3.05, 3.63) is 64.7 Å². The van der Waals surface area contributed by atoms with Crippen LogP contribution in [0.2, 0.25) is 0 Å². The maximum absolute atomic E-state index is 12.6. The van der Waals surface area contributed by atoms with Gasteiger partial charge < -0.3 is 15.6 Å². The van der Waals surface area contributed by atoms with Crippen molar-refractivity contribution >= 4 is 49.8 Å². The Morgan fingerprint density at radius 3 is 2.77 bits per heavy atom. The second-order valence-corrected chi connectivity index (χ2v) is 10.6. The van der Waals surface area contributed by atoms with E-state index < -0.39 is 0 Å². The van der Waals surface area contributed by atoms with E-state index in [1.165, 1.54) is 22.3 Å². The number of unbranched alkanes of at least 4 members (excludes halogenated alkanes) is 1. The highest BCUT2D eigenvalue weighted by molar-refractivity contribution is 7.21. The molecule has 182 valence electrons. The van der Waals surface area contributed by atoms with Crippen LogP contribution in [0.4, 0.5) is 5.69 Å². The Morgan fingerprint density at radius 2 is 2.00 bits per heavy atom. The number of benzene rings is 2. The Hall–Kier alpha value is -3.16. The number of H-pyrrole nitrogens is 1. The third-order valence-electron chi connectivity index (χ3n) is 7.11. The highest BCUT2D eigenvalue weighted by atomic mass is 32.1. The van der Waals surface area contributed by atoms with Gasteiger partial charge in [0.2, 0.25) is 5.91 Å². The minimum Gasteiger partial charge on any atom is -0.365 e. The van der Waals surface area contributed by atoms with E-state index >= 15 is 0 Å². The van der Waals surface area contributed by atoms with Crippen LogP contribution < -0.4 is 10.6 Å². The number of thiophene rings is 1. The van der Waals surface area contributed by atoms with Crippen molar-refractivity contribution in [1.29, 1.82) is 0 Å². The lowest BCUT2D eigenvalue weighted by Gasteiger charge is -2.32. The fraction of sp³-hybridized carbons (Fsp3) is 0.357. The minimum atomic E-state index is -0.376. The molecule has 2 aromatic heterocycles.